The lowest BCUT2D eigenvalue weighted by Gasteiger charge is -1.92. The lowest BCUT2D eigenvalue weighted by molar-refractivity contribution is 1.18. The summed E-state index contributed by atoms with van der Waals surface area (Å²) in [7, 11) is 0. The van der Waals surface area contributed by atoms with Crippen molar-refractivity contribution in [3.8, 4) is 0 Å². The highest BCUT2D eigenvalue weighted by molar-refractivity contribution is 7.79. The number of hydrogen-bond donors (Lipinski definition) is 1. The van der Waals surface area contributed by atoms with Crippen molar-refractivity contribution in [3.63, 3.8) is 0 Å². The van der Waals surface area contributed by atoms with Gasteiger partial charge in [0.2, 0.25) is 0 Å². The predicted molar refractivity (Wildman–Crippen MR) is 41.9 cm³/mol. The summed E-state index contributed by atoms with van der Waals surface area (Å²) >= 11 is 9.61. The molecule has 0 saturated heterocycles. The number of thiol groups is 1. The van der Waals surface area contributed by atoms with E-state index in [-0.39, 0.29) is 0 Å². The molecule has 1 heterocycles. The van der Waals surface area contributed by atoms with Gasteiger partial charge in [-0.25, -0.2) is 4.98 Å². The molecule has 9 heavy (non-hydrogen) atoms. The van der Waals surface area contributed by atoms with Crippen molar-refractivity contribution < 1.29 is 0 Å². The van der Waals surface area contributed by atoms with Crippen molar-refractivity contribution in [2.75, 3.05) is 0 Å². The highest BCUT2D eigenvalue weighted by Gasteiger charge is 1.89. The van der Waals surface area contributed by atoms with Gasteiger partial charge in [0.1, 0.15) is 5.15 Å². The van der Waals surface area contributed by atoms with Gasteiger partial charge in [0, 0.05) is 5.75 Å². The molecule has 0 aliphatic carbocycles. The Kier molecular flexibility index (Phi) is 2.37. The summed E-state index contributed by atoms with van der Waals surface area (Å²) in [5.41, 5.74) is 0.908. The van der Waals surface area contributed by atoms with Crippen LogP contribution in [-0.2, 0) is 5.75 Å². The van der Waals surface area contributed by atoms with Crippen LogP contribution in [0.4, 0.5) is 0 Å². The molecule has 0 bridgehead atoms. The second-order valence-corrected chi connectivity index (χ2v) is 2.31. The topological polar surface area (TPSA) is 12.9 Å². The molecule has 0 aromatic carbocycles. The molecule has 0 fully saturated rings. The minimum absolute atomic E-state index is 0.529. The van der Waals surface area contributed by atoms with E-state index in [4.69, 9.17) is 11.6 Å². The van der Waals surface area contributed by atoms with E-state index in [2.05, 4.69) is 17.6 Å². The van der Waals surface area contributed by atoms with E-state index in [1.54, 1.807) is 6.07 Å². The Labute approximate surface area is 64.5 Å². The molecule has 0 unspecified atom stereocenters. The molecular weight excluding hydrogens is 154 g/mol. The van der Waals surface area contributed by atoms with Crippen LogP contribution in [0.2, 0.25) is 5.15 Å². The van der Waals surface area contributed by atoms with Gasteiger partial charge in [-0.1, -0.05) is 17.7 Å². The average molecular weight is 160 g/mol. The quantitative estimate of drug-likeness (QED) is 0.490. The number of hydrogen-bond acceptors (Lipinski definition) is 2. The van der Waals surface area contributed by atoms with Crippen LogP contribution in [-0.4, -0.2) is 4.98 Å². The zero-order chi connectivity index (χ0) is 6.69. The largest absolute Gasteiger partial charge is 0.240 e. The van der Waals surface area contributed by atoms with E-state index >= 15 is 0 Å². The Morgan fingerprint density at radius 1 is 1.56 bits per heavy atom. The molecule has 3 heteroatoms. The summed E-state index contributed by atoms with van der Waals surface area (Å²) in [6.07, 6.45) is 0. The van der Waals surface area contributed by atoms with E-state index in [9.17, 15) is 0 Å². The zero-order valence-corrected chi connectivity index (χ0v) is 6.36. The van der Waals surface area contributed by atoms with Gasteiger partial charge in [-0.05, 0) is 12.1 Å². The Balaban J connectivity index is 2.94. The number of aromatic nitrogens is 1. The third-order valence-electron chi connectivity index (χ3n) is 0.935. The van der Waals surface area contributed by atoms with Gasteiger partial charge in [-0.3, -0.25) is 0 Å². The van der Waals surface area contributed by atoms with Crippen LogP contribution in [0.15, 0.2) is 18.2 Å². The predicted octanol–water partition coefficient (Wildman–Crippen LogP) is 2.16. The van der Waals surface area contributed by atoms with Gasteiger partial charge in [-0.15, -0.1) is 0 Å². The second-order valence-electron chi connectivity index (χ2n) is 1.61. The van der Waals surface area contributed by atoms with Crippen LogP contribution in [0.5, 0.6) is 0 Å². The fourth-order valence-electron chi connectivity index (χ4n) is 0.538. The van der Waals surface area contributed by atoms with Gasteiger partial charge in [0.05, 0.1) is 5.69 Å². The monoisotopic (exact) mass is 159 g/mol. The minimum atomic E-state index is 0.529. The Hall–Kier alpha value is -0.210. The highest BCUT2D eigenvalue weighted by Crippen LogP contribution is 2.05. The molecule has 0 atom stereocenters. The minimum Gasteiger partial charge on any atom is -0.240 e. The van der Waals surface area contributed by atoms with Gasteiger partial charge in [0.25, 0.3) is 0 Å². The molecule has 1 aromatic rings. The molecule has 0 aliphatic heterocycles. The van der Waals surface area contributed by atoms with Gasteiger partial charge in [-0.2, -0.15) is 12.6 Å². The fourth-order valence-corrected chi connectivity index (χ4v) is 0.896. The van der Waals surface area contributed by atoms with Crippen molar-refractivity contribution in [2.24, 2.45) is 0 Å². The van der Waals surface area contributed by atoms with Gasteiger partial charge in [0.15, 0.2) is 0 Å². The Morgan fingerprint density at radius 2 is 2.33 bits per heavy atom. The fraction of sp³-hybridized carbons (Fsp3) is 0.167. The summed E-state index contributed by atoms with van der Waals surface area (Å²) < 4.78 is 0. The molecule has 1 rings (SSSR count). The normalized spacial score (nSPS) is 9.56. The van der Waals surface area contributed by atoms with Crippen molar-refractivity contribution in [3.05, 3.63) is 29.0 Å². The first-order chi connectivity index (χ1) is 4.33. The standard InChI is InChI=1S/C6H6ClNS/c7-6-3-1-2-5(4-9)8-6/h1-3,9H,4H2. The summed E-state index contributed by atoms with van der Waals surface area (Å²) in [5.74, 6) is 0.639. The molecule has 0 radical (unpaired) electrons. The van der Waals surface area contributed by atoms with E-state index in [1.165, 1.54) is 0 Å². The average Bonchev–Trinajstić information content (AvgIpc) is 1.88. The third kappa shape index (κ3) is 1.88. The van der Waals surface area contributed by atoms with Gasteiger partial charge >= 0.3 is 0 Å². The van der Waals surface area contributed by atoms with Crippen LogP contribution < -0.4 is 0 Å². The van der Waals surface area contributed by atoms with E-state index in [0.717, 1.165) is 5.69 Å². The molecular formula is C6H6ClNS. The van der Waals surface area contributed by atoms with Crippen LogP contribution >= 0.6 is 24.2 Å². The Morgan fingerprint density at radius 3 is 2.78 bits per heavy atom. The number of rotatable bonds is 1. The first-order valence-electron chi connectivity index (χ1n) is 2.55. The maximum absolute atomic E-state index is 5.58. The van der Waals surface area contributed by atoms with Crippen LogP contribution in [0.3, 0.4) is 0 Å². The number of nitrogens with zero attached hydrogens (tertiary/aromatic N) is 1. The van der Waals surface area contributed by atoms with Crippen LogP contribution in [0.25, 0.3) is 0 Å². The first kappa shape index (κ1) is 6.90. The van der Waals surface area contributed by atoms with Crippen LogP contribution in [0.1, 0.15) is 5.69 Å². The summed E-state index contributed by atoms with van der Waals surface area (Å²) in [4.78, 5) is 3.98. The van der Waals surface area contributed by atoms with Crippen molar-refractivity contribution in [1.82, 2.24) is 4.98 Å². The summed E-state index contributed by atoms with van der Waals surface area (Å²) in [6, 6.07) is 5.49. The first-order valence-corrected chi connectivity index (χ1v) is 3.56. The van der Waals surface area contributed by atoms with Crippen molar-refractivity contribution >= 4 is 24.2 Å². The van der Waals surface area contributed by atoms with Crippen molar-refractivity contribution in [1.29, 1.82) is 0 Å². The maximum Gasteiger partial charge on any atom is 0.129 e. The number of pyridine rings is 1. The van der Waals surface area contributed by atoms with Crippen molar-refractivity contribution in [2.45, 2.75) is 5.75 Å². The lowest BCUT2D eigenvalue weighted by Crippen LogP contribution is -1.82. The van der Waals surface area contributed by atoms with Crippen LogP contribution in [0, 0.1) is 0 Å². The molecule has 1 aromatic heterocycles. The highest BCUT2D eigenvalue weighted by atomic mass is 35.5. The lowest BCUT2D eigenvalue weighted by atomic mass is 10.4. The molecule has 0 amide bonds. The van der Waals surface area contributed by atoms with E-state index < -0.39 is 0 Å². The molecule has 1 nitrogen and oxygen atoms in total. The molecule has 0 aliphatic rings. The molecule has 0 spiro atoms. The summed E-state index contributed by atoms with van der Waals surface area (Å²) in [5, 5.41) is 0.529. The second kappa shape index (κ2) is 3.08. The van der Waals surface area contributed by atoms with E-state index in [1.807, 2.05) is 12.1 Å². The molecule has 48 valence electrons. The third-order valence-corrected chi connectivity index (χ3v) is 1.47. The maximum atomic E-state index is 5.58. The van der Waals surface area contributed by atoms with E-state index in [0.29, 0.717) is 10.9 Å². The molecule has 0 saturated carbocycles. The molecule has 0 N–H and O–H groups in total. The Bertz CT molecular complexity index is 202. The van der Waals surface area contributed by atoms with Gasteiger partial charge < -0.3 is 0 Å². The summed E-state index contributed by atoms with van der Waals surface area (Å²) in [6.45, 7) is 0. The SMILES string of the molecule is SCc1cccc(Cl)n1. The smallest absolute Gasteiger partial charge is 0.129 e. The zero-order valence-electron chi connectivity index (χ0n) is 4.71. The number of halogens is 1.